The summed E-state index contributed by atoms with van der Waals surface area (Å²) in [5.41, 5.74) is 7.82. The predicted octanol–water partition coefficient (Wildman–Crippen LogP) is 4.92. The number of hydrazine groups is 1. The van der Waals surface area contributed by atoms with Crippen molar-refractivity contribution in [3.63, 3.8) is 0 Å². The fourth-order valence-electron chi connectivity index (χ4n) is 2.98. The van der Waals surface area contributed by atoms with E-state index >= 15 is 0 Å². The van der Waals surface area contributed by atoms with Gasteiger partial charge in [-0.25, -0.2) is 0 Å². The van der Waals surface area contributed by atoms with Gasteiger partial charge in [-0.05, 0) is 83.4 Å². The lowest BCUT2D eigenvalue weighted by molar-refractivity contribution is -0.123. The number of amides is 3. The molecule has 3 aromatic rings. The first-order valence-electron chi connectivity index (χ1n) is 9.89. The third kappa shape index (κ3) is 6.66. The Balaban J connectivity index is 1.50. The fourth-order valence-corrected chi connectivity index (χ4v) is 4.53. The lowest BCUT2D eigenvalue weighted by Gasteiger charge is -2.12. The topological polar surface area (TPSA) is 96.5 Å². The highest BCUT2D eigenvalue weighted by Crippen LogP contribution is 2.32. The molecule has 0 aromatic heterocycles. The van der Waals surface area contributed by atoms with Gasteiger partial charge in [-0.15, -0.1) is 0 Å². The molecule has 3 aromatic carbocycles. The van der Waals surface area contributed by atoms with E-state index in [1.807, 2.05) is 38.1 Å². The normalized spacial score (nSPS) is 10.3. The maximum atomic E-state index is 12.4. The summed E-state index contributed by atoms with van der Waals surface area (Å²) in [6.07, 6.45) is 0. The number of hydrogen-bond donors (Lipinski definition) is 3. The smallest absolute Gasteiger partial charge is 0.276 e. The molecule has 0 unspecified atom stereocenters. The van der Waals surface area contributed by atoms with Crippen LogP contribution in [0.15, 0.2) is 69.6 Å². The van der Waals surface area contributed by atoms with Gasteiger partial charge in [0.1, 0.15) is 5.75 Å². The van der Waals surface area contributed by atoms with Gasteiger partial charge in [-0.2, -0.15) is 0 Å². The average molecular weight is 575 g/mol. The molecule has 9 heteroatoms. The molecule has 0 aliphatic carbocycles. The summed E-state index contributed by atoms with van der Waals surface area (Å²) >= 11 is 6.78. The molecular formula is C24H21Br2N3O4. The second kappa shape index (κ2) is 11.1. The molecule has 0 saturated carbocycles. The second-order valence-corrected chi connectivity index (χ2v) is 8.94. The van der Waals surface area contributed by atoms with Crippen LogP contribution in [0, 0.1) is 13.8 Å². The Kier molecular flexibility index (Phi) is 8.24. The summed E-state index contributed by atoms with van der Waals surface area (Å²) in [7, 11) is 0. The van der Waals surface area contributed by atoms with Crippen LogP contribution in [0.4, 0.5) is 5.69 Å². The lowest BCUT2D eigenvalue weighted by Crippen LogP contribution is -2.43. The summed E-state index contributed by atoms with van der Waals surface area (Å²) in [5.74, 6) is -0.700. The van der Waals surface area contributed by atoms with Gasteiger partial charge in [0.15, 0.2) is 6.61 Å². The first-order valence-corrected chi connectivity index (χ1v) is 11.5. The Morgan fingerprint density at radius 1 is 0.848 bits per heavy atom. The molecule has 0 aliphatic heterocycles. The highest BCUT2D eigenvalue weighted by atomic mass is 79.9. The predicted molar refractivity (Wildman–Crippen MR) is 133 cm³/mol. The van der Waals surface area contributed by atoms with Gasteiger partial charge in [-0.1, -0.05) is 34.1 Å². The second-order valence-electron chi connectivity index (χ2n) is 7.17. The number of aryl methyl sites for hydroxylation is 2. The third-order valence-electron chi connectivity index (χ3n) is 4.65. The molecule has 0 aliphatic rings. The minimum absolute atomic E-state index is 0.231. The minimum atomic E-state index is -0.514. The molecule has 0 spiro atoms. The largest absolute Gasteiger partial charge is 0.482 e. The van der Waals surface area contributed by atoms with Crippen LogP contribution in [-0.4, -0.2) is 24.3 Å². The zero-order valence-corrected chi connectivity index (χ0v) is 21.0. The van der Waals surface area contributed by atoms with Crippen molar-refractivity contribution in [3.8, 4) is 5.75 Å². The van der Waals surface area contributed by atoms with Gasteiger partial charge in [-0.3, -0.25) is 25.2 Å². The van der Waals surface area contributed by atoms with Gasteiger partial charge in [0.05, 0.1) is 4.47 Å². The number of benzene rings is 3. The Labute approximate surface area is 208 Å². The summed E-state index contributed by atoms with van der Waals surface area (Å²) in [4.78, 5) is 36.8. The van der Waals surface area contributed by atoms with Crippen LogP contribution in [0.25, 0.3) is 0 Å². The van der Waals surface area contributed by atoms with Gasteiger partial charge < -0.3 is 10.1 Å². The van der Waals surface area contributed by atoms with E-state index in [4.69, 9.17) is 4.74 Å². The van der Waals surface area contributed by atoms with Gasteiger partial charge >= 0.3 is 0 Å². The van der Waals surface area contributed by atoms with Crippen LogP contribution in [0.3, 0.4) is 0 Å². The van der Waals surface area contributed by atoms with E-state index in [9.17, 15) is 14.4 Å². The van der Waals surface area contributed by atoms with Crippen molar-refractivity contribution in [1.82, 2.24) is 10.9 Å². The monoisotopic (exact) mass is 573 g/mol. The Morgan fingerprint density at radius 2 is 1.55 bits per heavy atom. The molecule has 33 heavy (non-hydrogen) atoms. The molecule has 0 heterocycles. The Morgan fingerprint density at radius 3 is 2.21 bits per heavy atom. The quantitative estimate of drug-likeness (QED) is 0.364. The van der Waals surface area contributed by atoms with E-state index in [0.717, 1.165) is 15.6 Å². The summed E-state index contributed by atoms with van der Waals surface area (Å²) in [6, 6.07) is 17.3. The summed E-state index contributed by atoms with van der Waals surface area (Å²) in [6.45, 7) is 3.45. The van der Waals surface area contributed by atoms with E-state index in [0.29, 0.717) is 27.0 Å². The first kappa shape index (κ1) is 24.5. The molecule has 7 nitrogen and oxygen atoms in total. The van der Waals surface area contributed by atoms with Crippen molar-refractivity contribution >= 4 is 55.3 Å². The molecule has 3 amide bonds. The van der Waals surface area contributed by atoms with E-state index < -0.39 is 11.8 Å². The van der Waals surface area contributed by atoms with Crippen molar-refractivity contribution in [2.45, 2.75) is 13.8 Å². The number of ether oxygens (including phenoxy) is 1. The van der Waals surface area contributed by atoms with Crippen LogP contribution in [0.5, 0.6) is 5.75 Å². The lowest BCUT2D eigenvalue weighted by atomic mass is 10.1. The van der Waals surface area contributed by atoms with Crippen molar-refractivity contribution < 1.29 is 19.1 Å². The molecule has 0 bridgehead atoms. The number of carbonyl (C=O) groups is 3. The molecule has 0 atom stereocenters. The standard InChI is InChI=1S/C24H21Br2N3O4/c1-14-5-3-4-6-19(14)24(32)27-18-9-7-16(8-10-18)23(31)29-28-21(30)13-33-22-15(2)11-17(25)12-20(22)26/h3-12H,13H2,1-2H3,(H,27,32)(H,28,30)(H,29,31). The maximum Gasteiger partial charge on any atom is 0.276 e. The zero-order chi connectivity index (χ0) is 24.0. The van der Waals surface area contributed by atoms with Crippen molar-refractivity contribution in [3.05, 3.63) is 91.9 Å². The van der Waals surface area contributed by atoms with E-state index in [2.05, 4.69) is 48.0 Å². The molecule has 0 radical (unpaired) electrons. The molecule has 170 valence electrons. The highest BCUT2D eigenvalue weighted by Gasteiger charge is 2.12. The SMILES string of the molecule is Cc1ccccc1C(=O)Nc1ccc(C(=O)NNC(=O)COc2c(C)cc(Br)cc2Br)cc1. The number of nitrogens with one attached hydrogen (secondary N) is 3. The van der Waals surface area contributed by atoms with Crippen molar-refractivity contribution in [2.24, 2.45) is 0 Å². The number of halogens is 2. The number of hydrogen-bond acceptors (Lipinski definition) is 4. The Bertz CT molecular complexity index is 1170. The van der Waals surface area contributed by atoms with Crippen LogP contribution < -0.4 is 20.9 Å². The van der Waals surface area contributed by atoms with Crippen LogP contribution in [0.2, 0.25) is 0 Å². The molecular weight excluding hydrogens is 554 g/mol. The average Bonchev–Trinajstić information content (AvgIpc) is 2.77. The van der Waals surface area contributed by atoms with E-state index in [-0.39, 0.29) is 12.5 Å². The van der Waals surface area contributed by atoms with Crippen LogP contribution in [0.1, 0.15) is 31.8 Å². The zero-order valence-electron chi connectivity index (χ0n) is 17.9. The molecule has 0 saturated heterocycles. The van der Waals surface area contributed by atoms with Crippen molar-refractivity contribution in [2.75, 3.05) is 11.9 Å². The van der Waals surface area contributed by atoms with Gasteiger partial charge in [0.25, 0.3) is 17.7 Å². The molecule has 0 fully saturated rings. The van der Waals surface area contributed by atoms with E-state index in [1.54, 1.807) is 36.4 Å². The summed E-state index contributed by atoms with van der Waals surface area (Å²) < 4.78 is 7.14. The highest BCUT2D eigenvalue weighted by molar-refractivity contribution is 9.11. The van der Waals surface area contributed by atoms with Crippen LogP contribution in [-0.2, 0) is 4.79 Å². The number of anilines is 1. The number of carbonyl (C=O) groups excluding carboxylic acids is 3. The van der Waals surface area contributed by atoms with Gasteiger partial charge in [0, 0.05) is 21.3 Å². The molecule has 3 N–H and O–H groups in total. The van der Waals surface area contributed by atoms with Crippen molar-refractivity contribution in [1.29, 1.82) is 0 Å². The van der Waals surface area contributed by atoms with Crippen LogP contribution >= 0.6 is 31.9 Å². The fraction of sp³-hybridized carbons (Fsp3) is 0.125. The van der Waals surface area contributed by atoms with E-state index in [1.165, 1.54) is 0 Å². The maximum absolute atomic E-state index is 12.4. The summed E-state index contributed by atoms with van der Waals surface area (Å²) in [5, 5.41) is 2.80. The van der Waals surface area contributed by atoms with Gasteiger partial charge in [0.2, 0.25) is 0 Å². The Hall–Kier alpha value is -3.17. The number of rotatable bonds is 6. The minimum Gasteiger partial charge on any atom is -0.482 e. The third-order valence-corrected chi connectivity index (χ3v) is 5.70. The molecule has 3 rings (SSSR count). The first-order chi connectivity index (χ1) is 15.7.